The van der Waals surface area contributed by atoms with E-state index in [1.54, 1.807) is 0 Å². The summed E-state index contributed by atoms with van der Waals surface area (Å²) >= 11 is 0. The van der Waals surface area contributed by atoms with E-state index in [0.29, 0.717) is 18.5 Å². The van der Waals surface area contributed by atoms with E-state index < -0.39 is 0 Å². The zero-order valence-electron chi connectivity index (χ0n) is 11.6. The molecule has 0 spiro atoms. The molecule has 1 heterocycles. The van der Waals surface area contributed by atoms with Gasteiger partial charge in [-0.2, -0.15) is 0 Å². The molecule has 3 N–H and O–H groups in total. The Balaban J connectivity index is 2.27. The van der Waals surface area contributed by atoms with Crippen molar-refractivity contribution in [3.8, 4) is 0 Å². The highest BCUT2D eigenvalue weighted by Gasteiger charge is 2.42. The predicted octanol–water partition coefficient (Wildman–Crippen LogP) is 0.960. The Bertz CT molecular complexity index is 255. The number of hydrogen-bond acceptors (Lipinski definition) is 3. The van der Waals surface area contributed by atoms with Crippen molar-refractivity contribution in [1.29, 1.82) is 0 Å². The first kappa shape index (κ1) is 14.5. The molecule has 1 rings (SSSR count). The van der Waals surface area contributed by atoms with Crippen LogP contribution in [0.5, 0.6) is 0 Å². The van der Waals surface area contributed by atoms with Gasteiger partial charge in [-0.15, -0.1) is 0 Å². The second-order valence-electron chi connectivity index (χ2n) is 5.61. The number of likely N-dealkylation sites (tertiary alicyclic amines) is 1. The Kier molecular flexibility index (Phi) is 4.95. The van der Waals surface area contributed by atoms with Gasteiger partial charge in [0.15, 0.2) is 0 Å². The van der Waals surface area contributed by atoms with Gasteiger partial charge in [-0.05, 0) is 18.8 Å². The molecule has 0 aromatic carbocycles. The van der Waals surface area contributed by atoms with Gasteiger partial charge < -0.3 is 11.1 Å². The lowest BCUT2D eigenvalue weighted by atomic mass is 9.80. The first-order valence-electron chi connectivity index (χ1n) is 6.71. The number of rotatable bonds is 6. The van der Waals surface area contributed by atoms with E-state index in [4.69, 9.17) is 5.73 Å². The van der Waals surface area contributed by atoms with E-state index in [0.717, 1.165) is 25.9 Å². The quantitative estimate of drug-likeness (QED) is 0.728. The zero-order valence-corrected chi connectivity index (χ0v) is 11.6. The summed E-state index contributed by atoms with van der Waals surface area (Å²) in [6, 6.07) is 0.316. The van der Waals surface area contributed by atoms with Crippen molar-refractivity contribution < 1.29 is 4.79 Å². The van der Waals surface area contributed by atoms with Crippen LogP contribution in [0.25, 0.3) is 0 Å². The monoisotopic (exact) mass is 241 g/mol. The molecule has 0 aromatic heterocycles. The van der Waals surface area contributed by atoms with Crippen molar-refractivity contribution in [2.24, 2.45) is 11.7 Å². The van der Waals surface area contributed by atoms with Crippen LogP contribution >= 0.6 is 0 Å². The largest absolute Gasteiger partial charge is 0.352 e. The summed E-state index contributed by atoms with van der Waals surface area (Å²) in [5, 5.41) is 3.05. The molecule has 1 aliphatic heterocycles. The zero-order chi connectivity index (χ0) is 13.1. The minimum atomic E-state index is -0.0881. The second-order valence-corrected chi connectivity index (χ2v) is 5.61. The second kappa shape index (κ2) is 5.83. The maximum atomic E-state index is 11.8. The third-order valence-corrected chi connectivity index (χ3v) is 3.90. The molecule has 0 aliphatic carbocycles. The number of nitrogens with one attached hydrogen (secondary N) is 1. The van der Waals surface area contributed by atoms with Gasteiger partial charge in [0.05, 0.1) is 6.54 Å². The third kappa shape index (κ3) is 3.68. The van der Waals surface area contributed by atoms with E-state index in [9.17, 15) is 4.79 Å². The van der Waals surface area contributed by atoms with E-state index >= 15 is 0 Å². The lowest BCUT2D eigenvalue weighted by Crippen LogP contribution is -2.70. The molecule has 1 fully saturated rings. The van der Waals surface area contributed by atoms with Crippen LogP contribution in [0, 0.1) is 5.92 Å². The molecule has 4 heteroatoms. The number of carbonyl (C=O) groups is 1. The smallest absolute Gasteiger partial charge is 0.234 e. The van der Waals surface area contributed by atoms with E-state index in [2.05, 4.69) is 37.9 Å². The average molecular weight is 241 g/mol. The van der Waals surface area contributed by atoms with Gasteiger partial charge >= 0.3 is 0 Å². The van der Waals surface area contributed by atoms with Crippen LogP contribution in [0.3, 0.4) is 0 Å². The van der Waals surface area contributed by atoms with Crippen LogP contribution in [0.4, 0.5) is 0 Å². The van der Waals surface area contributed by atoms with Crippen LogP contribution in [-0.4, -0.2) is 42.0 Å². The van der Waals surface area contributed by atoms with Crippen LogP contribution in [0.15, 0.2) is 0 Å². The number of amides is 1. The number of nitrogens with zero attached hydrogens (tertiary/aromatic N) is 1. The average Bonchev–Trinajstić information content (AvgIpc) is 2.23. The molecule has 100 valence electrons. The predicted molar refractivity (Wildman–Crippen MR) is 70.7 cm³/mol. The fourth-order valence-electron chi connectivity index (χ4n) is 2.23. The Morgan fingerprint density at radius 2 is 1.88 bits per heavy atom. The standard InChI is InChI=1S/C13H27N3O/c1-5-11(6-2)15-12(17)7-16-8-13(14,9-16)10(3)4/h10-11H,5-9,14H2,1-4H3,(H,15,17). The summed E-state index contributed by atoms with van der Waals surface area (Å²) in [5.41, 5.74) is 6.10. The van der Waals surface area contributed by atoms with Crippen LogP contribution in [-0.2, 0) is 4.79 Å². The van der Waals surface area contributed by atoms with Gasteiger partial charge in [0.1, 0.15) is 0 Å². The molecule has 0 unspecified atom stereocenters. The Labute approximate surface area is 105 Å². The molecule has 1 amide bonds. The summed E-state index contributed by atoms with van der Waals surface area (Å²) in [7, 11) is 0. The summed E-state index contributed by atoms with van der Waals surface area (Å²) in [6.07, 6.45) is 1.99. The van der Waals surface area contributed by atoms with Crippen molar-refractivity contribution in [3.63, 3.8) is 0 Å². The summed E-state index contributed by atoms with van der Waals surface area (Å²) in [6.45, 7) is 10.6. The highest BCUT2D eigenvalue weighted by Crippen LogP contribution is 2.25. The molecule has 0 bridgehead atoms. The first-order chi connectivity index (χ1) is 7.91. The van der Waals surface area contributed by atoms with Gasteiger partial charge in [-0.1, -0.05) is 27.7 Å². The Hall–Kier alpha value is -0.610. The van der Waals surface area contributed by atoms with Crippen molar-refractivity contribution in [3.05, 3.63) is 0 Å². The number of hydrogen-bond donors (Lipinski definition) is 2. The molecule has 4 nitrogen and oxygen atoms in total. The first-order valence-corrected chi connectivity index (χ1v) is 6.71. The van der Waals surface area contributed by atoms with E-state index in [1.807, 2.05) is 0 Å². The maximum absolute atomic E-state index is 11.8. The van der Waals surface area contributed by atoms with E-state index in [-0.39, 0.29) is 11.4 Å². The maximum Gasteiger partial charge on any atom is 0.234 e. The topological polar surface area (TPSA) is 58.4 Å². The fraction of sp³-hybridized carbons (Fsp3) is 0.923. The molecule has 0 atom stereocenters. The summed E-state index contributed by atoms with van der Waals surface area (Å²) in [4.78, 5) is 13.9. The third-order valence-electron chi connectivity index (χ3n) is 3.90. The molecular formula is C13H27N3O. The normalized spacial score (nSPS) is 19.5. The molecular weight excluding hydrogens is 214 g/mol. The summed E-state index contributed by atoms with van der Waals surface area (Å²) in [5.74, 6) is 0.602. The fourth-order valence-corrected chi connectivity index (χ4v) is 2.23. The Morgan fingerprint density at radius 3 is 2.29 bits per heavy atom. The molecule has 0 aromatic rings. The van der Waals surface area contributed by atoms with E-state index in [1.165, 1.54) is 0 Å². The molecule has 0 radical (unpaired) electrons. The number of nitrogens with two attached hydrogens (primary N) is 1. The Morgan fingerprint density at radius 1 is 1.35 bits per heavy atom. The van der Waals surface area contributed by atoms with Gasteiger partial charge in [-0.25, -0.2) is 0 Å². The van der Waals surface area contributed by atoms with Crippen molar-refractivity contribution >= 4 is 5.91 Å². The van der Waals surface area contributed by atoms with Gasteiger partial charge in [0, 0.05) is 24.7 Å². The highest BCUT2D eigenvalue weighted by molar-refractivity contribution is 5.78. The minimum Gasteiger partial charge on any atom is -0.352 e. The lowest BCUT2D eigenvalue weighted by molar-refractivity contribution is -0.125. The molecule has 17 heavy (non-hydrogen) atoms. The minimum absolute atomic E-state index is 0.0881. The highest BCUT2D eigenvalue weighted by atomic mass is 16.2. The number of carbonyl (C=O) groups excluding carboxylic acids is 1. The van der Waals surface area contributed by atoms with Crippen molar-refractivity contribution in [2.75, 3.05) is 19.6 Å². The lowest BCUT2D eigenvalue weighted by Gasteiger charge is -2.50. The van der Waals surface area contributed by atoms with Crippen LogP contribution in [0.1, 0.15) is 40.5 Å². The summed E-state index contributed by atoms with van der Waals surface area (Å²) < 4.78 is 0. The molecule has 1 aliphatic rings. The SMILES string of the molecule is CCC(CC)NC(=O)CN1CC(N)(C(C)C)C1. The van der Waals surface area contributed by atoms with Gasteiger partial charge in [-0.3, -0.25) is 9.69 Å². The van der Waals surface area contributed by atoms with Crippen LogP contribution in [0.2, 0.25) is 0 Å². The van der Waals surface area contributed by atoms with Gasteiger partial charge in [0.25, 0.3) is 0 Å². The van der Waals surface area contributed by atoms with Crippen LogP contribution < -0.4 is 11.1 Å². The molecule has 1 saturated heterocycles. The molecule has 0 saturated carbocycles. The van der Waals surface area contributed by atoms with Crippen molar-refractivity contribution in [1.82, 2.24) is 10.2 Å². The van der Waals surface area contributed by atoms with Crippen molar-refractivity contribution in [2.45, 2.75) is 52.1 Å². The van der Waals surface area contributed by atoms with Gasteiger partial charge in [0.2, 0.25) is 5.91 Å².